The van der Waals surface area contributed by atoms with Gasteiger partial charge in [-0.2, -0.15) is 0 Å². The summed E-state index contributed by atoms with van der Waals surface area (Å²) in [4.78, 5) is 29.6. The van der Waals surface area contributed by atoms with E-state index in [-0.39, 0.29) is 11.8 Å². The number of para-hydroxylation sites is 2. The van der Waals surface area contributed by atoms with E-state index in [1.807, 2.05) is 49.4 Å². The molecule has 0 N–H and O–H groups in total. The zero-order chi connectivity index (χ0) is 23.0. The molecular weight excluding hydrogens is 546 g/mol. The molecule has 166 valence electrons. The highest BCUT2D eigenvalue weighted by Gasteiger charge is 2.72. The highest BCUT2D eigenvalue weighted by Crippen LogP contribution is 2.71. The molecule has 3 aromatic rings. The summed E-state index contributed by atoms with van der Waals surface area (Å²) in [7, 11) is 0. The van der Waals surface area contributed by atoms with Gasteiger partial charge in [0.15, 0.2) is 0 Å². The predicted molar refractivity (Wildman–Crippen MR) is 134 cm³/mol. The molecule has 3 aliphatic carbocycles. The molecule has 33 heavy (non-hydrogen) atoms. The number of nitrogens with zero attached hydrogens (tertiary/aromatic N) is 1. The van der Waals surface area contributed by atoms with E-state index in [0.29, 0.717) is 18.0 Å². The maximum absolute atomic E-state index is 14.1. The number of benzene rings is 3. The summed E-state index contributed by atoms with van der Waals surface area (Å²) in [6.07, 6.45) is 0.834. The van der Waals surface area contributed by atoms with Gasteiger partial charge in [-0.25, -0.2) is 4.90 Å². The number of halogens is 2. The van der Waals surface area contributed by atoms with Crippen molar-refractivity contribution in [3.05, 3.63) is 95.1 Å². The van der Waals surface area contributed by atoms with Crippen LogP contribution in [0.3, 0.4) is 0 Å². The van der Waals surface area contributed by atoms with Gasteiger partial charge in [0, 0.05) is 0 Å². The molecule has 7 rings (SSSR count). The molecular formula is C27H21Br2NO3. The zero-order valence-corrected chi connectivity index (χ0v) is 21.1. The topological polar surface area (TPSA) is 46.6 Å². The highest BCUT2D eigenvalue weighted by molar-refractivity contribution is 9.10. The first-order valence-electron chi connectivity index (χ1n) is 11.1. The smallest absolute Gasteiger partial charge is 0.240 e. The van der Waals surface area contributed by atoms with E-state index in [1.54, 1.807) is 6.07 Å². The van der Waals surface area contributed by atoms with Crippen LogP contribution in [0.15, 0.2) is 72.8 Å². The van der Waals surface area contributed by atoms with Crippen molar-refractivity contribution in [3.63, 3.8) is 0 Å². The number of hydrogen-bond acceptors (Lipinski definition) is 3. The summed E-state index contributed by atoms with van der Waals surface area (Å²) in [5, 5.41) is 0. The Labute approximate surface area is 209 Å². The third-order valence-electron chi connectivity index (χ3n) is 7.15. The number of rotatable bonds is 4. The Morgan fingerprint density at radius 2 is 1.18 bits per heavy atom. The van der Waals surface area contributed by atoms with Gasteiger partial charge in [0.05, 0.1) is 32.8 Å². The van der Waals surface area contributed by atoms with Crippen LogP contribution in [0.2, 0.25) is 0 Å². The molecule has 4 aliphatic rings. The average molecular weight is 567 g/mol. The Bertz CT molecular complexity index is 1200. The van der Waals surface area contributed by atoms with Crippen molar-refractivity contribution in [3.8, 4) is 5.75 Å². The van der Waals surface area contributed by atoms with Gasteiger partial charge in [-0.1, -0.05) is 99.4 Å². The number of anilines is 1. The molecule has 2 atom stereocenters. The van der Waals surface area contributed by atoms with Gasteiger partial charge in [-0.3, -0.25) is 9.59 Å². The fourth-order valence-electron chi connectivity index (χ4n) is 5.88. The molecule has 1 heterocycles. The highest BCUT2D eigenvalue weighted by atomic mass is 79.9. The minimum atomic E-state index is -0.791. The maximum atomic E-state index is 14.1. The summed E-state index contributed by atoms with van der Waals surface area (Å²) < 4.78 is 4.34. The Kier molecular flexibility index (Phi) is 4.66. The monoisotopic (exact) mass is 565 g/mol. The van der Waals surface area contributed by atoms with Crippen LogP contribution in [0, 0.1) is 11.8 Å². The molecule has 2 bridgehead atoms. The fraction of sp³-hybridized carbons (Fsp3) is 0.259. The first-order valence-corrected chi connectivity index (χ1v) is 12.7. The standard InChI is InChI=1S/C27H21Br2NO3/c1-2-15-33-21-14-8-7-13-20(21)30-24(31)22-23(25(30)32)27(29)17-10-4-3-9-16(17)26(22,28)18-11-5-6-12-19(18)27/h3-14,22-23H,2,15H2,1H3/t22-,23?,26?,27?/m0/s1. The van der Waals surface area contributed by atoms with Crippen LogP contribution >= 0.6 is 31.9 Å². The van der Waals surface area contributed by atoms with Crippen molar-refractivity contribution in [2.24, 2.45) is 11.8 Å². The van der Waals surface area contributed by atoms with Gasteiger partial charge < -0.3 is 4.74 Å². The lowest BCUT2D eigenvalue weighted by molar-refractivity contribution is -0.122. The predicted octanol–water partition coefficient (Wildman–Crippen LogP) is 5.89. The summed E-state index contributed by atoms with van der Waals surface area (Å²) in [5.41, 5.74) is 4.62. The number of carbonyl (C=O) groups excluding carboxylic acids is 2. The van der Waals surface area contributed by atoms with Crippen molar-refractivity contribution in [2.75, 3.05) is 11.5 Å². The largest absolute Gasteiger partial charge is 0.491 e. The van der Waals surface area contributed by atoms with Gasteiger partial charge in [0.25, 0.3) is 0 Å². The molecule has 6 heteroatoms. The van der Waals surface area contributed by atoms with Gasteiger partial charge >= 0.3 is 0 Å². The van der Waals surface area contributed by atoms with Gasteiger partial charge in [-0.05, 0) is 40.8 Å². The lowest BCUT2D eigenvalue weighted by Crippen LogP contribution is -2.56. The number of amides is 2. The van der Waals surface area contributed by atoms with Crippen LogP contribution in [0.5, 0.6) is 5.75 Å². The van der Waals surface area contributed by atoms with Crippen molar-refractivity contribution in [1.29, 1.82) is 0 Å². The number of ether oxygens (including phenoxy) is 1. The van der Waals surface area contributed by atoms with Gasteiger partial charge in [0.2, 0.25) is 11.8 Å². The summed E-state index contributed by atoms with van der Waals surface area (Å²) in [6.45, 7) is 2.54. The van der Waals surface area contributed by atoms with Crippen LogP contribution in [0.4, 0.5) is 5.69 Å². The molecule has 0 spiro atoms. The van der Waals surface area contributed by atoms with E-state index in [9.17, 15) is 9.59 Å². The van der Waals surface area contributed by atoms with E-state index in [2.05, 4.69) is 56.1 Å². The first kappa shape index (κ1) is 21.1. The van der Waals surface area contributed by atoms with E-state index in [1.165, 1.54) is 4.90 Å². The maximum Gasteiger partial charge on any atom is 0.240 e. The minimum absolute atomic E-state index is 0.206. The average Bonchev–Trinajstić information content (AvgIpc) is 3.12. The molecule has 3 aromatic carbocycles. The summed E-state index contributed by atoms with van der Waals surface area (Å²) in [5.74, 6) is -1.04. The lowest BCUT2D eigenvalue weighted by Gasteiger charge is -2.55. The van der Waals surface area contributed by atoms with Crippen LogP contribution in [0.25, 0.3) is 0 Å². The molecule has 2 amide bonds. The molecule has 0 saturated carbocycles. The molecule has 0 aromatic heterocycles. The Morgan fingerprint density at radius 1 is 0.758 bits per heavy atom. The van der Waals surface area contributed by atoms with E-state index >= 15 is 0 Å². The van der Waals surface area contributed by atoms with Crippen molar-refractivity contribution >= 4 is 49.4 Å². The van der Waals surface area contributed by atoms with Gasteiger partial charge in [-0.15, -0.1) is 0 Å². The summed E-state index contributed by atoms with van der Waals surface area (Å²) in [6, 6.07) is 23.5. The normalized spacial score (nSPS) is 29.0. The van der Waals surface area contributed by atoms with E-state index in [4.69, 9.17) is 4.74 Å². The van der Waals surface area contributed by atoms with Crippen LogP contribution < -0.4 is 9.64 Å². The zero-order valence-electron chi connectivity index (χ0n) is 17.9. The summed E-state index contributed by atoms with van der Waals surface area (Å²) >= 11 is 8.08. The van der Waals surface area contributed by atoms with Gasteiger partial charge in [0.1, 0.15) is 5.75 Å². The van der Waals surface area contributed by atoms with Crippen LogP contribution in [-0.4, -0.2) is 18.4 Å². The first-order chi connectivity index (χ1) is 16.0. The molecule has 1 fully saturated rings. The molecule has 1 saturated heterocycles. The Balaban J connectivity index is 1.59. The third-order valence-corrected chi connectivity index (χ3v) is 9.85. The SMILES string of the molecule is CCCOc1ccccc1N1C(=O)C2[C@@H](C1=O)C1(Br)c3ccccc3C2(Br)c2ccccc21. The van der Waals surface area contributed by atoms with Crippen LogP contribution in [0.1, 0.15) is 35.6 Å². The third kappa shape index (κ3) is 2.51. The van der Waals surface area contributed by atoms with E-state index < -0.39 is 20.5 Å². The van der Waals surface area contributed by atoms with Crippen molar-refractivity contribution < 1.29 is 14.3 Å². The Morgan fingerprint density at radius 3 is 1.64 bits per heavy atom. The second-order valence-electron chi connectivity index (χ2n) is 8.80. The number of alkyl halides is 2. The molecule has 1 aliphatic heterocycles. The molecule has 4 nitrogen and oxygen atoms in total. The number of carbonyl (C=O) groups is 2. The number of hydrogen-bond donors (Lipinski definition) is 0. The minimum Gasteiger partial charge on any atom is -0.491 e. The molecule has 1 unspecified atom stereocenters. The fourth-order valence-corrected chi connectivity index (χ4v) is 8.18. The van der Waals surface area contributed by atoms with Crippen molar-refractivity contribution in [2.45, 2.75) is 22.0 Å². The second kappa shape index (κ2) is 7.28. The quantitative estimate of drug-likeness (QED) is 0.292. The van der Waals surface area contributed by atoms with Crippen LogP contribution in [-0.2, 0) is 18.2 Å². The Hall–Kier alpha value is -2.44. The second-order valence-corrected chi connectivity index (χ2v) is 11.3. The molecule has 0 radical (unpaired) electrons. The van der Waals surface area contributed by atoms with E-state index in [0.717, 1.165) is 28.7 Å². The number of imide groups is 1. The van der Waals surface area contributed by atoms with Crippen molar-refractivity contribution in [1.82, 2.24) is 0 Å². The lowest BCUT2D eigenvalue weighted by atomic mass is 9.54.